The summed E-state index contributed by atoms with van der Waals surface area (Å²) in [5.74, 6) is -0.222. The van der Waals surface area contributed by atoms with E-state index in [1.807, 2.05) is 19.9 Å². The van der Waals surface area contributed by atoms with Crippen LogP contribution in [0.5, 0.6) is 5.75 Å². The van der Waals surface area contributed by atoms with E-state index < -0.39 is 5.97 Å². The Balaban J connectivity index is 1.56. The molecule has 32 heavy (non-hydrogen) atoms. The van der Waals surface area contributed by atoms with Gasteiger partial charge >= 0.3 is 5.97 Å². The minimum atomic E-state index is -1.05. The Hall–Kier alpha value is -2.74. The van der Waals surface area contributed by atoms with Crippen LogP contribution in [-0.4, -0.2) is 35.5 Å². The first kappa shape index (κ1) is 22.5. The lowest BCUT2D eigenvalue weighted by atomic mass is 10.0. The fourth-order valence-electron chi connectivity index (χ4n) is 4.11. The molecule has 2 aromatic rings. The van der Waals surface area contributed by atoms with Crippen molar-refractivity contribution in [3.63, 3.8) is 0 Å². The molecule has 6 nitrogen and oxygen atoms in total. The SMILES string of the molecule is CC[C@@H](C)C(=O)N(C)Cc1cc(F)ccc1SNc1ccc2c(c1C(=O)O)OCC1CC21. The predicted octanol–water partition coefficient (Wildman–Crippen LogP) is 5.14. The lowest BCUT2D eigenvalue weighted by molar-refractivity contribution is -0.134. The van der Waals surface area contributed by atoms with Crippen molar-refractivity contribution in [3.05, 3.63) is 52.8 Å². The number of fused-ring (bicyclic) bond motifs is 3. The zero-order valence-corrected chi connectivity index (χ0v) is 19.2. The van der Waals surface area contributed by atoms with Crippen molar-refractivity contribution in [1.82, 2.24) is 4.90 Å². The molecule has 2 unspecified atom stereocenters. The molecule has 2 aromatic carbocycles. The molecule has 1 fully saturated rings. The van der Waals surface area contributed by atoms with Crippen LogP contribution in [0.3, 0.4) is 0 Å². The molecule has 0 aromatic heterocycles. The van der Waals surface area contributed by atoms with E-state index in [0.29, 0.717) is 40.3 Å². The number of nitrogens with one attached hydrogen (secondary N) is 1. The van der Waals surface area contributed by atoms with Crippen molar-refractivity contribution in [2.24, 2.45) is 11.8 Å². The van der Waals surface area contributed by atoms with Crippen molar-refractivity contribution < 1.29 is 23.8 Å². The molecule has 0 radical (unpaired) electrons. The summed E-state index contributed by atoms with van der Waals surface area (Å²) < 4.78 is 22.9. The quantitative estimate of drug-likeness (QED) is 0.533. The molecule has 4 rings (SSSR count). The second-order valence-electron chi connectivity index (χ2n) is 8.58. The van der Waals surface area contributed by atoms with Gasteiger partial charge in [-0.1, -0.05) is 19.9 Å². The number of hydrogen-bond donors (Lipinski definition) is 2. The minimum absolute atomic E-state index is 0.000880. The lowest BCUT2D eigenvalue weighted by Gasteiger charge is -2.23. The van der Waals surface area contributed by atoms with Gasteiger partial charge in [-0.05, 0) is 66.1 Å². The molecule has 1 aliphatic carbocycles. The third-order valence-electron chi connectivity index (χ3n) is 6.28. The molecular formula is C24H27FN2O4S. The number of hydrogen-bond acceptors (Lipinski definition) is 5. The third kappa shape index (κ3) is 4.41. The largest absolute Gasteiger partial charge is 0.492 e. The second-order valence-corrected chi connectivity index (χ2v) is 9.43. The van der Waals surface area contributed by atoms with Gasteiger partial charge in [0.15, 0.2) is 0 Å². The molecule has 2 N–H and O–H groups in total. The number of nitrogens with zero attached hydrogens (tertiary/aromatic N) is 1. The van der Waals surface area contributed by atoms with Crippen molar-refractivity contribution in [2.75, 3.05) is 18.4 Å². The summed E-state index contributed by atoms with van der Waals surface area (Å²) in [5, 5.41) is 9.84. The Bertz CT molecular complexity index is 1060. The van der Waals surface area contributed by atoms with Crippen LogP contribution in [0.2, 0.25) is 0 Å². The molecular weight excluding hydrogens is 431 g/mol. The topological polar surface area (TPSA) is 78.9 Å². The van der Waals surface area contributed by atoms with Crippen LogP contribution >= 0.6 is 11.9 Å². The van der Waals surface area contributed by atoms with E-state index >= 15 is 0 Å². The number of ether oxygens (including phenoxy) is 1. The fourth-order valence-corrected chi connectivity index (χ4v) is 4.89. The van der Waals surface area contributed by atoms with Crippen LogP contribution in [0.1, 0.15) is 54.1 Å². The normalized spacial score (nSPS) is 19.2. The van der Waals surface area contributed by atoms with Crippen molar-refractivity contribution in [3.8, 4) is 5.75 Å². The number of benzene rings is 2. The summed E-state index contributed by atoms with van der Waals surface area (Å²) in [5.41, 5.74) is 2.16. The number of rotatable bonds is 8. The monoisotopic (exact) mass is 458 g/mol. The van der Waals surface area contributed by atoms with Crippen molar-refractivity contribution in [2.45, 2.75) is 44.0 Å². The molecule has 8 heteroatoms. The van der Waals surface area contributed by atoms with E-state index in [-0.39, 0.29) is 29.8 Å². The summed E-state index contributed by atoms with van der Waals surface area (Å²) in [6, 6.07) is 8.09. The van der Waals surface area contributed by atoms with E-state index in [2.05, 4.69) is 4.72 Å². The number of aromatic carboxylic acids is 1. The lowest BCUT2D eigenvalue weighted by Crippen LogP contribution is -2.31. The predicted molar refractivity (Wildman–Crippen MR) is 122 cm³/mol. The zero-order chi connectivity index (χ0) is 23.0. The third-order valence-corrected chi connectivity index (χ3v) is 7.22. The summed E-state index contributed by atoms with van der Waals surface area (Å²) >= 11 is 1.20. The van der Waals surface area contributed by atoms with Crippen LogP contribution < -0.4 is 9.46 Å². The van der Waals surface area contributed by atoms with Gasteiger partial charge in [-0.25, -0.2) is 9.18 Å². The van der Waals surface area contributed by atoms with E-state index in [1.165, 1.54) is 24.1 Å². The number of carbonyl (C=O) groups excluding carboxylic acids is 1. The molecule has 1 heterocycles. The highest BCUT2D eigenvalue weighted by molar-refractivity contribution is 8.00. The number of carbonyl (C=O) groups is 2. The van der Waals surface area contributed by atoms with Crippen LogP contribution in [0.25, 0.3) is 0 Å². The smallest absolute Gasteiger partial charge is 0.341 e. The van der Waals surface area contributed by atoms with Gasteiger partial charge in [-0.2, -0.15) is 0 Å². The highest BCUT2D eigenvalue weighted by atomic mass is 32.2. The van der Waals surface area contributed by atoms with E-state index in [0.717, 1.165) is 18.4 Å². The summed E-state index contributed by atoms with van der Waals surface area (Å²) in [6.07, 6.45) is 1.77. The van der Waals surface area contributed by atoms with Crippen LogP contribution in [0.15, 0.2) is 35.2 Å². The molecule has 1 aliphatic heterocycles. The first-order valence-corrected chi connectivity index (χ1v) is 11.6. The maximum absolute atomic E-state index is 14.0. The molecule has 3 atom stereocenters. The Labute approximate surface area is 191 Å². The van der Waals surface area contributed by atoms with Gasteiger partial charge in [-0.15, -0.1) is 0 Å². The Morgan fingerprint density at radius 3 is 2.84 bits per heavy atom. The van der Waals surface area contributed by atoms with Crippen molar-refractivity contribution >= 4 is 29.5 Å². The van der Waals surface area contributed by atoms with Gasteiger partial charge in [0.2, 0.25) is 5.91 Å². The van der Waals surface area contributed by atoms with Crippen LogP contribution in [0.4, 0.5) is 10.1 Å². The van der Waals surface area contributed by atoms with Gasteiger partial charge in [0.1, 0.15) is 17.1 Å². The molecule has 1 saturated carbocycles. The first-order valence-electron chi connectivity index (χ1n) is 10.8. The minimum Gasteiger partial charge on any atom is -0.492 e. The Morgan fingerprint density at radius 1 is 1.34 bits per heavy atom. The number of anilines is 1. The maximum Gasteiger partial charge on any atom is 0.341 e. The number of amides is 1. The van der Waals surface area contributed by atoms with Gasteiger partial charge in [0.05, 0.1) is 12.3 Å². The number of halogens is 1. The molecule has 170 valence electrons. The zero-order valence-electron chi connectivity index (χ0n) is 18.4. The molecule has 0 saturated heterocycles. The second kappa shape index (κ2) is 9.02. The van der Waals surface area contributed by atoms with Gasteiger partial charge in [0, 0.05) is 30.3 Å². The maximum atomic E-state index is 14.0. The highest BCUT2D eigenvalue weighted by Crippen LogP contribution is 2.55. The molecule has 2 aliphatic rings. The Morgan fingerprint density at radius 2 is 2.12 bits per heavy atom. The number of carboxylic acid groups (broad SMARTS) is 1. The van der Waals surface area contributed by atoms with Gasteiger partial charge in [0.25, 0.3) is 0 Å². The van der Waals surface area contributed by atoms with Gasteiger partial charge in [-0.3, -0.25) is 4.79 Å². The number of carboxylic acids is 1. The average Bonchev–Trinajstić information content (AvgIpc) is 3.57. The molecule has 0 bridgehead atoms. The fraction of sp³-hybridized carbons (Fsp3) is 0.417. The van der Waals surface area contributed by atoms with E-state index in [1.54, 1.807) is 24.1 Å². The standard InChI is InChI=1S/C24H27FN2O4S/c1-4-13(2)23(28)27(3)11-14-9-16(25)5-8-20(14)32-26-19-7-6-17-18-10-15(18)12-31-22(17)21(19)24(29)30/h5-9,13,15,18,26H,4,10-12H2,1-3H3,(H,29,30)/t13-,15?,18?/m1/s1. The van der Waals surface area contributed by atoms with Gasteiger partial charge < -0.3 is 19.5 Å². The Kier molecular flexibility index (Phi) is 6.33. The summed E-state index contributed by atoms with van der Waals surface area (Å²) in [4.78, 5) is 26.8. The van der Waals surface area contributed by atoms with E-state index in [4.69, 9.17) is 4.74 Å². The van der Waals surface area contributed by atoms with Crippen molar-refractivity contribution in [1.29, 1.82) is 0 Å². The summed E-state index contributed by atoms with van der Waals surface area (Å²) in [7, 11) is 1.70. The van der Waals surface area contributed by atoms with E-state index in [9.17, 15) is 19.1 Å². The average molecular weight is 459 g/mol. The molecule has 1 amide bonds. The molecule has 0 spiro atoms. The van der Waals surface area contributed by atoms with Crippen LogP contribution in [0, 0.1) is 17.7 Å². The highest BCUT2D eigenvalue weighted by Gasteiger charge is 2.45. The summed E-state index contributed by atoms with van der Waals surface area (Å²) in [6.45, 7) is 4.63. The first-order chi connectivity index (χ1) is 15.3. The van der Waals surface area contributed by atoms with Crippen LogP contribution in [-0.2, 0) is 11.3 Å².